The van der Waals surface area contributed by atoms with Gasteiger partial charge in [-0.15, -0.1) is 5.98 Å². The predicted octanol–water partition coefficient (Wildman–Crippen LogP) is 4.05. The second kappa shape index (κ2) is 4.09. The first-order chi connectivity index (χ1) is 6.38. The summed E-state index contributed by atoms with van der Waals surface area (Å²) in [5, 5.41) is 0.326. The minimum atomic E-state index is -4.89. The minimum Gasteiger partial charge on any atom is -0.445 e. The van der Waals surface area contributed by atoms with E-state index in [1.165, 1.54) is 0 Å². The van der Waals surface area contributed by atoms with E-state index in [-0.39, 0.29) is 5.98 Å². The highest BCUT2D eigenvalue weighted by Gasteiger charge is 2.17. The molecule has 0 atom stereocenters. The van der Waals surface area contributed by atoms with Gasteiger partial charge in [-0.2, -0.15) is 0 Å². The summed E-state index contributed by atoms with van der Waals surface area (Å²) in [7, 11) is 0. The lowest BCUT2D eigenvalue weighted by molar-refractivity contribution is 0.499. The van der Waals surface area contributed by atoms with Gasteiger partial charge in [0.1, 0.15) is 0 Å². The van der Waals surface area contributed by atoms with Gasteiger partial charge < -0.3 is 12.9 Å². The van der Waals surface area contributed by atoms with Crippen molar-refractivity contribution in [1.29, 1.82) is 0 Å². The standard InChI is InChI=1S/C9H8BClF3/c1-7-2-3-9(11)8(6-7)4-5-10(12,13)14/h2-6H,1H3/q-1/b5-4+. The first kappa shape index (κ1) is 11.2. The molecular weight excluding hydrogens is 211 g/mol. The van der Waals surface area contributed by atoms with Crippen LogP contribution in [0.3, 0.4) is 0 Å². The normalized spacial score (nSPS) is 12.4. The quantitative estimate of drug-likeness (QED) is 0.658. The van der Waals surface area contributed by atoms with Crippen molar-refractivity contribution in [3.05, 3.63) is 40.3 Å². The Morgan fingerprint density at radius 2 is 1.93 bits per heavy atom. The van der Waals surface area contributed by atoms with Gasteiger partial charge in [0.2, 0.25) is 0 Å². The number of rotatable bonds is 2. The molecule has 0 nitrogen and oxygen atoms in total. The summed E-state index contributed by atoms with van der Waals surface area (Å²) in [5.74, 6) is 0.237. The topological polar surface area (TPSA) is 0 Å². The van der Waals surface area contributed by atoms with Crippen LogP contribution in [0.15, 0.2) is 24.2 Å². The van der Waals surface area contributed by atoms with E-state index in [4.69, 9.17) is 11.6 Å². The summed E-state index contributed by atoms with van der Waals surface area (Å²) in [5.41, 5.74) is 1.27. The monoisotopic (exact) mass is 219 g/mol. The average Bonchev–Trinajstić information content (AvgIpc) is 2.05. The Labute approximate surface area is 85.4 Å². The molecule has 1 aromatic carbocycles. The molecule has 0 aliphatic heterocycles. The van der Waals surface area contributed by atoms with Gasteiger partial charge in [-0.05, 0) is 18.6 Å². The molecule has 76 valence electrons. The fourth-order valence-corrected chi connectivity index (χ4v) is 1.18. The van der Waals surface area contributed by atoms with Crippen molar-refractivity contribution in [1.82, 2.24) is 0 Å². The summed E-state index contributed by atoms with van der Waals surface area (Å²) in [6.07, 6.45) is 0.995. The third-order valence-corrected chi connectivity index (χ3v) is 1.99. The first-order valence-corrected chi connectivity index (χ1v) is 4.41. The Bertz CT molecular complexity index is 358. The van der Waals surface area contributed by atoms with Gasteiger partial charge in [0, 0.05) is 5.02 Å². The van der Waals surface area contributed by atoms with Crippen molar-refractivity contribution in [3.8, 4) is 0 Å². The van der Waals surface area contributed by atoms with E-state index in [0.29, 0.717) is 10.6 Å². The van der Waals surface area contributed by atoms with Crippen LogP contribution in [-0.2, 0) is 0 Å². The summed E-state index contributed by atoms with van der Waals surface area (Å²) in [4.78, 5) is 0. The van der Waals surface area contributed by atoms with Crippen LogP contribution in [0.2, 0.25) is 5.02 Å². The van der Waals surface area contributed by atoms with Crippen LogP contribution in [0, 0.1) is 6.92 Å². The molecule has 1 rings (SSSR count). The van der Waals surface area contributed by atoms with Crippen LogP contribution in [0.5, 0.6) is 0 Å². The number of aryl methyl sites for hydroxylation is 1. The maximum atomic E-state index is 11.9. The summed E-state index contributed by atoms with van der Waals surface area (Å²) in [6, 6.07) is 4.94. The molecule has 0 unspecified atom stereocenters. The van der Waals surface area contributed by atoms with Crippen LogP contribution in [0.4, 0.5) is 12.9 Å². The Morgan fingerprint density at radius 3 is 2.50 bits per heavy atom. The highest BCUT2D eigenvalue weighted by molar-refractivity contribution is 6.65. The molecule has 0 heterocycles. The average molecular weight is 219 g/mol. The third-order valence-electron chi connectivity index (χ3n) is 1.65. The van der Waals surface area contributed by atoms with Gasteiger partial charge in [-0.25, -0.2) is 0 Å². The molecule has 0 bridgehead atoms. The first-order valence-electron chi connectivity index (χ1n) is 4.04. The molecule has 0 amide bonds. The SMILES string of the molecule is Cc1ccc(Cl)c(/C=C/[B-](F)(F)F)c1. The maximum Gasteiger partial charge on any atom is 0.502 e. The van der Waals surface area contributed by atoms with Gasteiger partial charge in [0.05, 0.1) is 0 Å². The molecule has 0 spiro atoms. The molecule has 0 fully saturated rings. The lowest BCUT2D eigenvalue weighted by atomic mass is 9.90. The largest absolute Gasteiger partial charge is 0.502 e. The predicted molar refractivity (Wildman–Crippen MR) is 54.3 cm³/mol. The van der Waals surface area contributed by atoms with Crippen LogP contribution in [0.25, 0.3) is 6.08 Å². The zero-order chi connectivity index (χ0) is 10.8. The fraction of sp³-hybridized carbons (Fsp3) is 0.111. The van der Waals surface area contributed by atoms with E-state index in [0.717, 1.165) is 11.6 Å². The molecule has 0 N–H and O–H groups in total. The number of hydrogen-bond donors (Lipinski definition) is 0. The van der Waals surface area contributed by atoms with Gasteiger partial charge >= 0.3 is 6.98 Å². The Hall–Kier alpha value is -0.895. The zero-order valence-electron chi connectivity index (χ0n) is 7.48. The molecule has 1 aromatic rings. The lowest BCUT2D eigenvalue weighted by Gasteiger charge is -2.07. The van der Waals surface area contributed by atoms with Gasteiger partial charge in [-0.3, -0.25) is 0 Å². The third kappa shape index (κ3) is 3.46. The Kier molecular flexibility index (Phi) is 3.27. The highest BCUT2D eigenvalue weighted by Crippen LogP contribution is 2.20. The van der Waals surface area contributed by atoms with Gasteiger partial charge in [0.25, 0.3) is 0 Å². The smallest absolute Gasteiger partial charge is 0.445 e. The van der Waals surface area contributed by atoms with Crippen molar-refractivity contribution in [2.75, 3.05) is 0 Å². The Morgan fingerprint density at radius 1 is 1.29 bits per heavy atom. The summed E-state index contributed by atoms with van der Waals surface area (Å²) < 4.78 is 35.7. The van der Waals surface area contributed by atoms with Crippen LogP contribution < -0.4 is 0 Å². The number of benzene rings is 1. The molecule has 5 heteroatoms. The molecule has 14 heavy (non-hydrogen) atoms. The summed E-state index contributed by atoms with van der Waals surface area (Å²) in [6.45, 7) is -3.09. The molecule has 0 saturated carbocycles. The van der Waals surface area contributed by atoms with E-state index in [1.807, 2.05) is 0 Å². The number of halogens is 4. The van der Waals surface area contributed by atoms with E-state index >= 15 is 0 Å². The van der Waals surface area contributed by atoms with Gasteiger partial charge in [-0.1, -0.05) is 35.4 Å². The second-order valence-electron chi connectivity index (χ2n) is 3.01. The molecule has 0 aromatic heterocycles. The number of hydrogen-bond acceptors (Lipinski definition) is 0. The molecule has 0 aliphatic carbocycles. The minimum absolute atomic E-state index is 0.237. The van der Waals surface area contributed by atoms with Crippen molar-refractivity contribution >= 4 is 24.7 Å². The van der Waals surface area contributed by atoms with Crippen LogP contribution in [-0.4, -0.2) is 6.98 Å². The van der Waals surface area contributed by atoms with Crippen molar-refractivity contribution in [2.45, 2.75) is 6.92 Å². The molecule has 0 radical (unpaired) electrons. The van der Waals surface area contributed by atoms with E-state index in [9.17, 15) is 12.9 Å². The van der Waals surface area contributed by atoms with Gasteiger partial charge in [0.15, 0.2) is 0 Å². The van der Waals surface area contributed by atoms with Crippen molar-refractivity contribution in [3.63, 3.8) is 0 Å². The lowest BCUT2D eigenvalue weighted by Crippen LogP contribution is -2.09. The van der Waals surface area contributed by atoms with E-state index in [1.54, 1.807) is 25.1 Å². The van der Waals surface area contributed by atoms with Crippen LogP contribution in [0.1, 0.15) is 11.1 Å². The molecule has 0 saturated heterocycles. The second-order valence-corrected chi connectivity index (χ2v) is 3.42. The molecular formula is C9H8BClF3-. The highest BCUT2D eigenvalue weighted by atomic mass is 35.5. The van der Waals surface area contributed by atoms with Crippen LogP contribution >= 0.6 is 11.6 Å². The zero-order valence-corrected chi connectivity index (χ0v) is 8.23. The fourth-order valence-electron chi connectivity index (χ4n) is 1.00. The van der Waals surface area contributed by atoms with Crippen molar-refractivity contribution in [2.24, 2.45) is 0 Å². The Balaban J connectivity index is 2.97. The van der Waals surface area contributed by atoms with E-state index in [2.05, 4.69) is 0 Å². The maximum absolute atomic E-state index is 11.9. The van der Waals surface area contributed by atoms with Crippen molar-refractivity contribution < 1.29 is 12.9 Å². The molecule has 0 aliphatic rings. The summed E-state index contributed by atoms with van der Waals surface area (Å²) >= 11 is 5.71. The van der Waals surface area contributed by atoms with E-state index < -0.39 is 6.98 Å².